The highest BCUT2D eigenvalue weighted by Crippen LogP contribution is 2.23. The molecule has 18 heavy (non-hydrogen) atoms. The number of hydrogen-bond acceptors (Lipinski definition) is 3. The number of nitrogens with one attached hydrogen (secondary N) is 1. The lowest BCUT2D eigenvalue weighted by Crippen LogP contribution is -2.37. The second-order valence-electron chi connectivity index (χ2n) is 4.95. The summed E-state index contributed by atoms with van der Waals surface area (Å²) in [5.74, 6) is 0. The summed E-state index contributed by atoms with van der Waals surface area (Å²) < 4.78 is 0. The van der Waals surface area contributed by atoms with Crippen LogP contribution in [-0.2, 0) is 0 Å². The van der Waals surface area contributed by atoms with Gasteiger partial charge < -0.3 is 10.2 Å². The average Bonchev–Trinajstić information content (AvgIpc) is 2.89. The van der Waals surface area contributed by atoms with Gasteiger partial charge >= 0.3 is 0 Å². The lowest BCUT2D eigenvalue weighted by molar-refractivity contribution is 0.625. The SMILES string of the molecule is CCCN(c1ccc(C#N)c(C)c1)C1CCNC1. The van der Waals surface area contributed by atoms with Crippen molar-refractivity contribution in [1.82, 2.24) is 5.32 Å². The number of anilines is 1. The summed E-state index contributed by atoms with van der Waals surface area (Å²) in [6, 6.07) is 9.00. The molecule has 0 spiro atoms. The number of nitriles is 1. The standard InChI is InChI=1S/C15H21N3/c1-3-8-18(15-6-7-17-11-15)14-5-4-13(10-16)12(2)9-14/h4-5,9,15,17H,3,6-8,11H2,1-2H3. The van der Waals surface area contributed by atoms with Gasteiger partial charge in [0, 0.05) is 24.8 Å². The molecule has 2 rings (SSSR count). The number of aryl methyl sites for hydroxylation is 1. The molecule has 1 aromatic rings. The molecule has 1 saturated heterocycles. The highest BCUT2D eigenvalue weighted by Gasteiger charge is 2.22. The first-order valence-corrected chi connectivity index (χ1v) is 6.74. The average molecular weight is 243 g/mol. The highest BCUT2D eigenvalue weighted by atomic mass is 15.2. The molecular weight excluding hydrogens is 222 g/mol. The van der Waals surface area contributed by atoms with Crippen molar-refractivity contribution in [3.05, 3.63) is 29.3 Å². The normalized spacial score (nSPS) is 18.6. The van der Waals surface area contributed by atoms with Gasteiger partial charge in [-0.1, -0.05) is 6.92 Å². The first-order valence-electron chi connectivity index (χ1n) is 6.74. The van der Waals surface area contributed by atoms with Crippen molar-refractivity contribution >= 4 is 5.69 Å². The van der Waals surface area contributed by atoms with Gasteiger partial charge in [-0.3, -0.25) is 0 Å². The van der Waals surface area contributed by atoms with Gasteiger partial charge in [-0.15, -0.1) is 0 Å². The number of nitrogens with zero attached hydrogens (tertiary/aromatic N) is 2. The summed E-state index contributed by atoms with van der Waals surface area (Å²) in [6.45, 7) is 7.49. The molecule has 1 N–H and O–H groups in total. The maximum Gasteiger partial charge on any atom is 0.0994 e. The van der Waals surface area contributed by atoms with E-state index in [1.165, 1.54) is 12.1 Å². The fourth-order valence-electron chi connectivity index (χ4n) is 2.62. The van der Waals surface area contributed by atoms with Gasteiger partial charge in [0.15, 0.2) is 0 Å². The van der Waals surface area contributed by atoms with Crippen LogP contribution in [-0.4, -0.2) is 25.7 Å². The fraction of sp³-hybridized carbons (Fsp3) is 0.533. The second-order valence-corrected chi connectivity index (χ2v) is 4.95. The van der Waals surface area contributed by atoms with E-state index < -0.39 is 0 Å². The molecule has 0 bridgehead atoms. The van der Waals surface area contributed by atoms with E-state index in [-0.39, 0.29) is 0 Å². The molecule has 0 aromatic heterocycles. The molecule has 3 nitrogen and oxygen atoms in total. The van der Waals surface area contributed by atoms with Crippen LogP contribution in [0.3, 0.4) is 0 Å². The number of rotatable bonds is 4. The Balaban J connectivity index is 2.25. The number of benzene rings is 1. The molecule has 0 amide bonds. The van der Waals surface area contributed by atoms with Crippen LogP contribution in [0, 0.1) is 18.3 Å². The van der Waals surface area contributed by atoms with Gasteiger partial charge in [0.2, 0.25) is 0 Å². The molecule has 0 saturated carbocycles. The molecule has 1 aliphatic rings. The van der Waals surface area contributed by atoms with Gasteiger partial charge in [-0.05, 0) is 50.1 Å². The van der Waals surface area contributed by atoms with E-state index in [0.717, 1.165) is 37.2 Å². The van der Waals surface area contributed by atoms with E-state index in [4.69, 9.17) is 5.26 Å². The van der Waals surface area contributed by atoms with Crippen LogP contribution in [0.1, 0.15) is 30.9 Å². The van der Waals surface area contributed by atoms with Crippen molar-refractivity contribution in [3.63, 3.8) is 0 Å². The molecule has 1 unspecified atom stereocenters. The third-order valence-electron chi connectivity index (χ3n) is 3.60. The smallest absolute Gasteiger partial charge is 0.0994 e. The lowest BCUT2D eigenvalue weighted by Gasteiger charge is -2.30. The predicted molar refractivity (Wildman–Crippen MR) is 74.8 cm³/mol. The molecule has 1 aliphatic heterocycles. The largest absolute Gasteiger partial charge is 0.367 e. The van der Waals surface area contributed by atoms with E-state index in [0.29, 0.717) is 6.04 Å². The maximum absolute atomic E-state index is 8.99. The number of hydrogen-bond donors (Lipinski definition) is 1. The monoisotopic (exact) mass is 243 g/mol. The van der Waals surface area contributed by atoms with Crippen molar-refractivity contribution in [1.29, 1.82) is 5.26 Å². The zero-order chi connectivity index (χ0) is 13.0. The third-order valence-corrected chi connectivity index (χ3v) is 3.60. The summed E-state index contributed by atoms with van der Waals surface area (Å²) in [5, 5.41) is 12.4. The zero-order valence-electron chi connectivity index (χ0n) is 11.2. The molecule has 0 aliphatic carbocycles. The van der Waals surface area contributed by atoms with Crippen molar-refractivity contribution < 1.29 is 0 Å². The van der Waals surface area contributed by atoms with Crippen molar-refractivity contribution in [2.45, 2.75) is 32.7 Å². The predicted octanol–water partition coefficient (Wildman–Crippen LogP) is 2.45. The Labute approximate surface area is 109 Å². The van der Waals surface area contributed by atoms with Crippen LogP contribution in [0.5, 0.6) is 0 Å². The summed E-state index contributed by atoms with van der Waals surface area (Å²) >= 11 is 0. The van der Waals surface area contributed by atoms with Crippen LogP contribution in [0.15, 0.2) is 18.2 Å². The lowest BCUT2D eigenvalue weighted by atomic mass is 10.1. The molecule has 1 atom stereocenters. The second kappa shape index (κ2) is 5.88. The molecule has 3 heteroatoms. The minimum atomic E-state index is 0.595. The van der Waals surface area contributed by atoms with E-state index in [1.807, 2.05) is 13.0 Å². The highest BCUT2D eigenvalue weighted by molar-refractivity contribution is 5.54. The van der Waals surface area contributed by atoms with E-state index in [2.05, 4.69) is 35.3 Å². The maximum atomic E-state index is 8.99. The Kier molecular flexibility index (Phi) is 4.22. The van der Waals surface area contributed by atoms with Crippen LogP contribution in [0.4, 0.5) is 5.69 Å². The zero-order valence-corrected chi connectivity index (χ0v) is 11.2. The van der Waals surface area contributed by atoms with E-state index >= 15 is 0 Å². The quantitative estimate of drug-likeness (QED) is 0.883. The van der Waals surface area contributed by atoms with Crippen molar-refractivity contribution in [2.75, 3.05) is 24.5 Å². The molecule has 96 valence electrons. The molecule has 0 radical (unpaired) electrons. The molecule has 1 fully saturated rings. The summed E-state index contributed by atoms with van der Waals surface area (Å²) in [7, 11) is 0. The van der Waals surface area contributed by atoms with E-state index in [1.54, 1.807) is 0 Å². The van der Waals surface area contributed by atoms with Gasteiger partial charge in [0.1, 0.15) is 0 Å². The Morgan fingerprint density at radius 1 is 1.50 bits per heavy atom. The van der Waals surface area contributed by atoms with Gasteiger partial charge in [0.25, 0.3) is 0 Å². The van der Waals surface area contributed by atoms with Gasteiger partial charge in [-0.25, -0.2) is 0 Å². The molecule has 1 heterocycles. The first kappa shape index (κ1) is 12.9. The summed E-state index contributed by atoms with van der Waals surface area (Å²) in [4.78, 5) is 2.48. The minimum absolute atomic E-state index is 0.595. The fourth-order valence-corrected chi connectivity index (χ4v) is 2.62. The minimum Gasteiger partial charge on any atom is -0.367 e. The van der Waals surface area contributed by atoms with Crippen LogP contribution in [0.2, 0.25) is 0 Å². The molecular formula is C15H21N3. The Bertz CT molecular complexity index is 442. The Morgan fingerprint density at radius 3 is 2.89 bits per heavy atom. The van der Waals surface area contributed by atoms with Crippen LogP contribution < -0.4 is 10.2 Å². The topological polar surface area (TPSA) is 39.1 Å². The molecule has 1 aromatic carbocycles. The van der Waals surface area contributed by atoms with Crippen molar-refractivity contribution in [2.24, 2.45) is 0 Å². The van der Waals surface area contributed by atoms with Gasteiger partial charge in [0.05, 0.1) is 11.6 Å². The van der Waals surface area contributed by atoms with Crippen molar-refractivity contribution in [3.8, 4) is 6.07 Å². The van der Waals surface area contributed by atoms with Gasteiger partial charge in [-0.2, -0.15) is 5.26 Å². The van der Waals surface area contributed by atoms with Crippen LogP contribution in [0.25, 0.3) is 0 Å². The summed E-state index contributed by atoms with van der Waals surface area (Å²) in [6.07, 6.45) is 2.36. The third kappa shape index (κ3) is 2.65. The van der Waals surface area contributed by atoms with E-state index in [9.17, 15) is 0 Å². The Hall–Kier alpha value is -1.53. The summed E-state index contributed by atoms with van der Waals surface area (Å²) in [5.41, 5.74) is 3.10. The Morgan fingerprint density at radius 2 is 2.33 bits per heavy atom. The first-order chi connectivity index (χ1) is 8.76. The van der Waals surface area contributed by atoms with Crippen LogP contribution >= 0.6 is 0 Å².